The molecule has 0 radical (unpaired) electrons. The lowest BCUT2D eigenvalue weighted by Gasteiger charge is -1.82. The van der Waals surface area contributed by atoms with Crippen molar-refractivity contribution in [3.63, 3.8) is 0 Å². The number of phenols is 1. The van der Waals surface area contributed by atoms with E-state index in [0.29, 0.717) is 5.75 Å². The summed E-state index contributed by atoms with van der Waals surface area (Å²) in [4.78, 5) is 0. The molecular weight excluding hydrogens is 160 g/mol. The molecule has 0 saturated heterocycles. The van der Waals surface area contributed by atoms with Crippen LogP contribution >= 0.6 is 0 Å². The highest BCUT2D eigenvalue weighted by Gasteiger charge is 1.74. The molecule has 0 aromatic heterocycles. The fourth-order valence-corrected chi connectivity index (χ4v) is 0.813. The maximum absolute atomic E-state index is 8.63. The number of aromatic hydroxyl groups is 1. The monoisotopic (exact) mass is 172 g/mol. The first-order valence-corrected chi connectivity index (χ1v) is 4.13. The molecule has 2 aromatic rings. The van der Waals surface area contributed by atoms with E-state index < -0.39 is 0 Å². The molecule has 13 heavy (non-hydrogen) atoms. The zero-order chi connectivity index (χ0) is 9.36. The summed E-state index contributed by atoms with van der Waals surface area (Å²) in [6.45, 7) is 0. The summed E-state index contributed by atoms with van der Waals surface area (Å²) < 4.78 is 0. The van der Waals surface area contributed by atoms with Crippen molar-refractivity contribution >= 4 is 0 Å². The molecule has 0 fully saturated rings. The van der Waals surface area contributed by atoms with Gasteiger partial charge in [-0.05, 0) is 12.1 Å². The van der Waals surface area contributed by atoms with Crippen LogP contribution in [0.25, 0.3) is 0 Å². The molecule has 1 heteroatoms. The summed E-state index contributed by atoms with van der Waals surface area (Å²) in [5.41, 5.74) is 0. The van der Waals surface area contributed by atoms with Crippen molar-refractivity contribution < 1.29 is 5.11 Å². The van der Waals surface area contributed by atoms with Crippen LogP contribution in [0.5, 0.6) is 5.75 Å². The molecule has 0 amide bonds. The Bertz CT molecular complexity index is 276. The van der Waals surface area contributed by atoms with Gasteiger partial charge in [-0.2, -0.15) is 0 Å². The number of hydrogen-bond acceptors (Lipinski definition) is 1. The van der Waals surface area contributed by atoms with Gasteiger partial charge in [-0.3, -0.25) is 0 Å². The Labute approximate surface area is 78.3 Å². The molecule has 0 atom stereocenters. The van der Waals surface area contributed by atoms with E-state index in [1.807, 2.05) is 42.5 Å². The van der Waals surface area contributed by atoms with Gasteiger partial charge in [0.25, 0.3) is 0 Å². The van der Waals surface area contributed by atoms with E-state index in [-0.39, 0.29) is 0 Å². The normalized spacial score (nSPS) is 8.31. The molecule has 0 saturated carbocycles. The summed E-state index contributed by atoms with van der Waals surface area (Å²) in [5.74, 6) is 0.322. The van der Waals surface area contributed by atoms with Crippen LogP contribution in [0.4, 0.5) is 0 Å². The third-order valence-corrected chi connectivity index (χ3v) is 1.42. The summed E-state index contributed by atoms with van der Waals surface area (Å²) in [5, 5.41) is 8.63. The summed E-state index contributed by atoms with van der Waals surface area (Å²) in [7, 11) is 0. The van der Waals surface area contributed by atoms with E-state index in [0.717, 1.165) is 0 Å². The van der Waals surface area contributed by atoms with Gasteiger partial charge in [0.15, 0.2) is 0 Å². The van der Waals surface area contributed by atoms with E-state index in [1.165, 1.54) is 0 Å². The van der Waals surface area contributed by atoms with Gasteiger partial charge >= 0.3 is 0 Å². The fraction of sp³-hybridized carbons (Fsp3) is 0. The highest BCUT2D eigenvalue weighted by Crippen LogP contribution is 2.02. The fourth-order valence-electron chi connectivity index (χ4n) is 0.813. The second kappa shape index (κ2) is 5.84. The zero-order valence-electron chi connectivity index (χ0n) is 7.30. The maximum Gasteiger partial charge on any atom is 0.115 e. The van der Waals surface area contributed by atoms with E-state index >= 15 is 0 Å². The third-order valence-electron chi connectivity index (χ3n) is 1.42. The van der Waals surface area contributed by atoms with Crippen LogP contribution in [0.15, 0.2) is 66.7 Å². The van der Waals surface area contributed by atoms with Gasteiger partial charge in [-0.1, -0.05) is 54.6 Å². The first kappa shape index (κ1) is 9.33. The van der Waals surface area contributed by atoms with Crippen LogP contribution in [0.3, 0.4) is 0 Å². The second-order valence-electron chi connectivity index (χ2n) is 2.49. The first-order chi connectivity index (χ1) is 6.39. The van der Waals surface area contributed by atoms with Crippen molar-refractivity contribution in [1.29, 1.82) is 0 Å². The number of phenolic OH excluding ortho intramolecular Hbond substituents is 1. The number of para-hydroxylation sites is 1. The first-order valence-electron chi connectivity index (χ1n) is 4.13. The molecule has 0 spiro atoms. The van der Waals surface area contributed by atoms with E-state index in [2.05, 4.69) is 0 Å². The molecular formula is C12H12O. The Morgan fingerprint density at radius 1 is 0.538 bits per heavy atom. The maximum atomic E-state index is 8.63. The predicted molar refractivity (Wildman–Crippen MR) is 54.5 cm³/mol. The third kappa shape index (κ3) is 4.64. The van der Waals surface area contributed by atoms with Gasteiger partial charge in [0.05, 0.1) is 0 Å². The van der Waals surface area contributed by atoms with Crippen LogP contribution in [0, 0.1) is 0 Å². The summed E-state index contributed by atoms with van der Waals surface area (Å²) in [6.07, 6.45) is 0. The molecule has 0 bridgehead atoms. The van der Waals surface area contributed by atoms with E-state index in [1.54, 1.807) is 24.3 Å². The topological polar surface area (TPSA) is 20.2 Å². The van der Waals surface area contributed by atoms with Crippen LogP contribution in [-0.4, -0.2) is 5.11 Å². The van der Waals surface area contributed by atoms with Crippen molar-refractivity contribution in [2.75, 3.05) is 0 Å². The lowest BCUT2D eigenvalue weighted by Crippen LogP contribution is -1.56. The number of rotatable bonds is 0. The molecule has 66 valence electrons. The minimum absolute atomic E-state index is 0.322. The van der Waals surface area contributed by atoms with Gasteiger partial charge < -0.3 is 5.11 Å². The lowest BCUT2D eigenvalue weighted by atomic mass is 10.3. The molecule has 0 aliphatic rings. The van der Waals surface area contributed by atoms with Crippen molar-refractivity contribution in [1.82, 2.24) is 0 Å². The lowest BCUT2D eigenvalue weighted by molar-refractivity contribution is 0.475. The molecule has 0 aliphatic carbocycles. The van der Waals surface area contributed by atoms with Crippen LogP contribution in [-0.2, 0) is 0 Å². The van der Waals surface area contributed by atoms with Crippen LogP contribution in [0.1, 0.15) is 0 Å². The number of benzene rings is 2. The smallest absolute Gasteiger partial charge is 0.115 e. The van der Waals surface area contributed by atoms with Gasteiger partial charge in [0.2, 0.25) is 0 Å². The second-order valence-corrected chi connectivity index (χ2v) is 2.49. The predicted octanol–water partition coefficient (Wildman–Crippen LogP) is 3.08. The Morgan fingerprint density at radius 3 is 1.08 bits per heavy atom. The van der Waals surface area contributed by atoms with E-state index in [4.69, 9.17) is 5.11 Å². The Morgan fingerprint density at radius 2 is 0.846 bits per heavy atom. The number of hydrogen-bond donors (Lipinski definition) is 1. The average molecular weight is 172 g/mol. The Balaban J connectivity index is 0.000000132. The van der Waals surface area contributed by atoms with Gasteiger partial charge in [-0.25, -0.2) is 0 Å². The highest BCUT2D eigenvalue weighted by atomic mass is 16.3. The van der Waals surface area contributed by atoms with Crippen molar-refractivity contribution in [2.24, 2.45) is 0 Å². The standard InChI is InChI=1S/C6H6O.C6H6/c7-6-4-2-1-3-5-6;1-2-4-6-5-3-1/h1-5,7H;1-6H. The molecule has 0 aliphatic heterocycles. The van der Waals surface area contributed by atoms with Crippen LogP contribution in [0.2, 0.25) is 0 Å². The molecule has 0 heterocycles. The van der Waals surface area contributed by atoms with Crippen molar-refractivity contribution in [2.45, 2.75) is 0 Å². The zero-order valence-corrected chi connectivity index (χ0v) is 7.30. The quantitative estimate of drug-likeness (QED) is 0.647. The minimum Gasteiger partial charge on any atom is -0.508 e. The Hall–Kier alpha value is -1.76. The van der Waals surface area contributed by atoms with Crippen molar-refractivity contribution in [3.8, 4) is 5.75 Å². The minimum atomic E-state index is 0.322. The molecule has 2 rings (SSSR count). The molecule has 1 nitrogen and oxygen atoms in total. The molecule has 2 aromatic carbocycles. The summed E-state index contributed by atoms with van der Waals surface area (Å²) in [6, 6.07) is 20.7. The highest BCUT2D eigenvalue weighted by molar-refractivity contribution is 5.18. The van der Waals surface area contributed by atoms with Gasteiger partial charge in [0.1, 0.15) is 5.75 Å². The molecule has 1 N–H and O–H groups in total. The molecule has 0 unspecified atom stereocenters. The Kier molecular flexibility index (Phi) is 4.19. The van der Waals surface area contributed by atoms with Gasteiger partial charge in [-0.15, -0.1) is 0 Å². The largest absolute Gasteiger partial charge is 0.508 e. The van der Waals surface area contributed by atoms with Gasteiger partial charge in [0, 0.05) is 0 Å². The van der Waals surface area contributed by atoms with E-state index in [9.17, 15) is 0 Å². The summed E-state index contributed by atoms with van der Waals surface area (Å²) >= 11 is 0. The van der Waals surface area contributed by atoms with Crippen molar-refractivity contribution in [3.05, 3.63) is 66.7 Å². The van der Waals surface area contributed by atoms with Crippen LogP contribution < -0.4 is 0 Å². The SMILES string of the molecule is Oc1ccccc1.c1ccccc1. The average Bonchev–Trinajstić information content (AvgIpc) is 2.22.